The van der Waals surface area contributed by atoms with Crippen LogP contribution in [0.2, 0.25) is 0 Å². The van der Waals surface area contributed by atoms with Crippen molar-refractivity contribution in [2.75, 3.05) is 13.6 Å². The number of likely N-dealkylation sites (N-methyl/N-ethyl adjacent to an activating group) is 1. The number of hydrogen-bond donors (Lipinski definition) is 1. The molecule has 0 fully saturated rings. The molecule has 0 amide bonds. The second-order valence-electron chi connectivity index (χ2n) is 5.74. The smallest absolute Gasteiger partial charge is 0.122 e. The molecule has 1 aliphatic heterocycles. The Morgan fingerprint density at radius 3 is 3.05 bits per heavy atom. The molecule has 0 bridgehead atoms. The van der Waals surface area contributed by atoms with Gasteiger partial charge in [-0.2, -0.15) is 0 Å². The zero-order valence-corrected chi connectivity index (χ0v) is 11.8. The Labute approximate surface area is 119 Å². The Kier molecular flexibility index (Phi) is 2.86. The number of aromatic nitrogens is 2. The lowest BCUT2D eigenvalue weighted by atomic mass is 10.1. The Balaban J connectivity index is 1.61. The number of rotatable bonds is 2. The fourth-order valence-electron chi connectivity index (χ4n) is 3.74. The first kappa shape index (κ1) is 12.1. The Morgan fingerprint density at radius 2 is 2.15 bits per heavy atom. The quantitative estimate of drug-likeness (QED) is 0.898. The molecule has 20 heavy (non-hydrogen) atoms. The number of nitrogens with zero attached hydrogens (tertiary/aromatic N) is 3. The molecule has 0 saturated heterocycles. The molecule has 2 atom stereocenters. The van der Waals surface area contributed by atoms with Crippen molar-refractivity contribution in [3.8, 4) is 0 Å². The number of hydrogen-bond acceptors (Lipinski definition) is 3. The van der Waals surface area contributed by atoms with Gasteiger partial charge in [-0.3, -0.25) is 4.90 Å². The normalized spacial score (nSPS) is 25.4. The lowest BCUT2D eigenvalue weighted by molar-refractivity contribution is 0.131. The van der Waals surface area contributed by atoms with Gasteiger partial charge in [-0.15, -0.1) is 0 Å². The minimum absolute atomic E-state index is 0.438. The summed E-state index contributed by atoms with van der Waals surface area (Å²) in [6, 6.07) is 9.81. The molecule has 1 N–H and O–H groups in total. The number of nitrogens with one attached hydrogen (secondary N) is 1. The van der Waals surface area contributed by atoms with E-state index in [9.17, 15) is 0 Å². The molecule has 4 rings (SSSR count). The fraction of sp³-hybridized carbons (Fsp3) is 0.438. The highest BCUT2D eigenvalue weighted by molar-refractivity contribution is 5.37. The summed E-state index contributed by atoms with van der Waals surface area (Å²) >= 11 is 0. The number of benzene rings is 1. The van der Waals surface area contributed by atoms with Gasteiger partial charge in [0.25, 0.3) is 0 Å². The Hall–Kier alpha value is -1.65. The van der Waals surface area contributed by atoms with E-state index in [1.54, 1.807) is 0 Å². The first-order valence-electron chi connectivity index (χ1n) is 7.36. The maximum absolute atomic E-state index is 4.48. The van der Waals surface area contributed by atoms with Gasteiger partial charge in [0.2, 0.25) is 0 Å². The molecule has 2 aromatic rings. The van der Waals surface area contributed by atoms with Gasteiger partial charge in [0.15, 0.2) is 0 Å². The van der Waals surface area contributed by atoms with E-state index in [-0.39, 0.29) is 0 Å². The number of fused-ring (bicyclic) bond motifs is 2. The van der Waals surface area contributed by atoms with Crippen molar-refractivity contribution in [1.29, 1.82) is 0 Å². The van der Waals surface area contributed by atoms with Crippen LogP contribution in [0.5, 0.6) is 0 Å². The van der Waals surface area contributed by atoms with E-state index in [0.29, 0.717) is 12.1 Å². The van der Waals surface area contributed by atoms with E-state index in [1.807, 2.05) is 6.20 Å². The van der Waals surface area contributed by atoms with E-state index in [4.69, 9.17) is 0 Å². The Bertz CT molecular complexity index is 618. The van der Waals surface area contributed by atoms with Crippen molar-refractivity contribution in [3.05, 3.63) is 53.6 Å². The maximum atomic E-state index is 4.48. The molecule has 1 aromatic heterocycles. The van der Waals surface area contributed by atoms with Gasteiger partial charge in [0.05, 0.1) is 6.54 Å². The van der Waals surface area contributed by atoms with Crippen LogP contribution in [0.25, 0.3) is 0 Å². The average Bonchev–Trinajstić information content (AvgIpc) is 3.10. The molecule has 0 radical (unpaired) electrons. The van der Waals surface area contributed by atoms with Crippen LogP contribution in [0.15, 0.2) is 36.7 Å². The van der Waals surface area contributed by atoms with Crippen LogP contribution in [-0.4, -0.2) is 34.1 Å². The molecule has 1 aliphatic carbocycles. The first-order valence-corrected chi connectivity index (χ1v) is 7.36. The minimum Gasteiger partial charge on any atom is -0.333 e. The molecule has 4 nitrogen and oxygen atoms in total. The van der Waals surface area contributed by atoms with Crippen LogP contribution >= 0.6 is 0 Å². The van der Waals surface area contributed by atoms with Gasteiger partial charge in [-0.25, -0.2) is 4.98 Å². The number of imidazole rings is 1. The molecule has 0 saturated carbocycles. The highest BCUT2D eigenvalue weighted by Crippen LogP contribution is 2.35. The zero-order valence-electron chi connectivity index (χ0n) is 11.8. The van der Waals surface area contributed by atoms with Crippen LogP contribution in [0.4, 0.5) is 0 Å². The molecule has 4 heteroatoms. The summed E-state index contributed by atoms with van der Waals surface area (Å²) in [6.07, 6.45) is 5.14. The predicted molar refractivity (Wildman–Crippen MR) is 78.4 cm³/mol. The topological polar surface area (TPSA) is 33.1 Å². The summed E-state index contributed by atoms with van der Waals surface area (Å²) < 4.78 is 2.27. The largest absolute Gasteiger partial charge is 0.333 e. The van der Waals surface area contributed by atoms with Crippen molar-refractivity contribution in [2.24, 2.45) is 0 Å². The predicted octanol–water partition coefficient (Wildman–Crippen LogP) is 1.58. The first-order chi connectivity index (χ1) is 9.86. The summed E-state index contributed by atoms with van der Waals surface area (Å²) in [7, 11) is 2.07. The Morgan fingerprint density at radius 1 is 1.25 bits per heavy atom. The van der Waals surface area contributed by atoms with E-state index in [1.165, 1.54) is 17.0 Å². The second kappa shape index (κ2) is 4.72. The van der Waals surface area contributed by atoms with E-state index < -0.39 is 0 Å². The van der Waals surface area contributed by atoms with Crippen LogP contribution in [0, 0.1) is 0 Å². The third-order valence-electron chi connectivity index (χ3n) is 4.76. The molecular weight excluding hydrogens is 248 g/mol. The van der Waals surface area contributed by atoms with Crippen molar-refractivity contribution < 1.29 is 0 Å². The third kappa shape index (κ3) is 1.79. The van der Waals surface area contributed by atoms with Gasteiger partial charge in [-0.1, -0.05) is 24.3 Å². The van der Waals surface area contributed by atoms with Gasteiger partial charge in [-0.05, 0) is 24.6 Å². The van der Waals surface area contributed by atoms with Crippen LogP contribution in [-0.2, 0) is 19.5 Å². The molecule has 1 aromatic carbocycles. The molecule has 2 unspecified atom stereocenters. The van der Waals surface area contributed by atoms with Crippen molar-refractivity contribution in [2.45, 2.75) is 31.6 Å². The van der Waals surface area contributed by atoms with E-state index >= 15 is 0 Å². The van der Waals surface area contributed by atoms with Gasteiger partial charge < -0.3 is 9.88 Å². The average molecular weight is 268 g/mol. The molecule has 2 heterocycles. The second-order valence-corrected chi connectivity index (χ2v) is 5.74. The third-order valence-corrected chi connectivity index (χ3v) is 4.76. The summed E-state index contributed by atoms with van der Waals surface area (Å²) in [6.45, 7) is 3.13. The summed E-state index contributed by atoms with van der Waals surface area (Å²) in [5.41, 5.74) is 2.96. The standard InChI is InChI=1S/C16H20N4/c1-17-16-13-5-3-2-4-12(13)10-14(16)20-9-8-19-7-6-18-15(19)11-20/h2-7,14,16-17H,8-11H2,1H3. The fourth-order valence-corrected chi connectivity index (χ4v) is 3.74. The van der Waals surface area contributed by atoms with Crippen LogP contribution in [0.3, 0.4) is 0 Å². The van der Waals surface area contributed by atoms with Crippen LogP contribution < -0.4 is 5.32 Å². The summed E-state index contributed by atoms with van der Waals surface area (Å²) in [5.74, 6) is 1.20. The van der Waals surface area contributed by atoms with Crippen molar-refractivity contribution in [3.63, 3.8) is 0 Å². The summed E-state index contributed by atoms with van der Waals surface area (Å²) in [5, 5.41) is 3.52. The van der Waals surface area contributed by atoms with E-state index in [2.05, 4.69) is 57.3 Å². The van der Waals surface area contributed by atoms with Crippen molar-refractivity contribution >= 4 is 0 Å². The SMILES string of the molecule is CNC1c2ccccc2CC1N1CCn2ccnc2C1. The van der Waals surface area contributed by atoms with E-state index in [0.717, 1.165) is 26.1 Å². The molecule has 0 spiro atoms. The summed E-state index contributed by atoms with van der Waals surface area (Å²) in [4.78, 5) is 7.07. The zero-order chi connectivity index (χ0) is 13.5. The molecular formula is C16H20N4. The molecule has 104 valence electrons. The van der Waals surface area contributed by atoms with Gasteiger partial charge in [0, 0.05) is 37.6 Å². The maximum Gasteiger partial charge on any atom is 0.122 e. The van der Waals surface area contributed by atoms with Gasteiger partial charge >= 0.3 is 0 Å². The van der Waals surface area contributed by atoms with Crippen molar-refractivity contribution in [1.82, 2.24) is 19.8 Å². The highest BCUT2D eigenvalue weighted by Gasteiger charge is 2.36. The van der Waals surface area contributed by atoms with Gasteiger partial charge in [0.1, 0.15) is 5.82 Å². The molecule has 2 aliphatic rings. The minimum atomic E-state index is 0.438. The highest BCUT2D eigenvalue weighted by atomic mass is 15.3. The van der Waals surface area contributed by atoms with Crippen LogP contribution in [0.1, 0.15) is 23.0 Å². The monoisotopic (exact) mass is 268 g/mol. The lowest BCUT2D eigenvalue weighted by Crippen LogP contribution is -2.45. The lowest BCUT2D eigenvalue weighted by Gasteiger charge is -2.36.